The van der Waals surface area contributed by atoms with E-state index in [1.54, 1.807) is 4.90 Å². The Bertz CT molecular complexity index is 765. The van der Waals surface area contributed by atoms with Gasteiger partial charge in [-0.3, -0.25) is 4.90 Å². The van der Waals surface area contributed by atoms with Gasteiger partial charge in [0, 0.05) is 6.42 Å². The predicted molar refractivity (Wildman–Crippen MR) is 93.2 cm³/mol. The van der Waals surface area contributed by atoms with Gasteiger partial charge in [-0.2, -0.15) is 0 Å². The van der Waals surface area contributed by atoms with Crippen LogP contribution in [0.25, 0.3) is 5.57 Å². The lowest BCUT2D eigenvalue weighted by molar-refractivity contribution is 0.127. The van der Waals surface area contributed by atoms with Crippen molar-refractivity contribution in [2.45, 2.75) is 25.0 Å². The lowest BCUT2D eigenvalue weighted by Crippen LogP contribution is -2.40. The van der Waals surface area contributed by atoms with E-state index in [4.69, 9.17) is 9.84 Å². The summed E-state index contributed by atoms with van der Waals surface area (Å²) >= 11 is -0.754. The van der Waals surface area contributed by atoms with Crippen LogP contribution in [-0.2, 0) is 22.3 Å². The molecule has 1 aromatic rings. The van der Waals surface area contributed by atoms with E-state index < -0.39 is 29.5 Å². The average Bonchev–Trinajstić information content (AvgIpc) is 3.11. The summed E-state index contributed by atoms with van der Waals surface area (Å²) < 4.78 is 16.8. The summed E-state index contributed by atoms with van der Waals surface area (Å²) in [5.41, 5.74) is 4.19. The molecule has 1 saturated heterocycles. The number of amides is 2. The Morgan fingerprint density at radius 1 is 1.48 bits per heavy atom. The molecule has 3 atom stereocenters. The van der Waals surface area contributed by atoms with Gasteiger partial charge >= 0.3 is 12.2 Å². The first kappa shape index (κ1) is 16.3. The number of nitrogens with one attached hydrogen (secondary N) is 1. The third-order valence-corrected chi connectivity index (χ3v) is 6.12. The molecule has 0 bridgehead atoms. The van der Waals surface area contributed by atoms with Gasteiger partial charge in [-0.25, -0.2) is 9.59 Å². The molecule has 0 radical (unpaired) electrons. The van der Waals surface area contributed by atoms with E-state index in [2.05, 4.69) is 11.4 Å². The first-order chi connectivity index (χ1) is 12.0. The largest absolute Gasteiger partial charge is 0.616 e. The number of carbonyl (C=O) groups is 2. The quantitative estimate of drug-likeness (QED) is 0.798. The van der Waals surface area contributed by atoms with Crippen LogP contribution in [0.4, 0.5) is 15.3 Å². The fourth-order valence-electron chi connectivity index (χ4n) is 3.71. The van der Waals surface area contributed by atoms with Gasteiger partial charge in [0.2, 0.25) is 0 Å². The van der Waals surface area contributed by atoms with Gasteiger partial charge in [0.05, 0.1) is 18.3 Å². The van der Waals surface area contributed by atoms with Crippen molar-refractivity contribution in [3.63, 3.8) is 0 Å². The molecule has 3 aliphatic heterocycles. The number of anilines is 1. The average molecular weight is 362 g/mol. The summed E-state index contributed by atoms with van der Waals surface area (Å²) in [6, 6.07) is 5.81. The van der Waals surface area contributed by atoms with Crippen molar-refractivity contribution < 1.29 is 24.0 Å². The number of carbonyl (C=O) groups excluding carboxylic acids is 1. The van der Waals surface area contributed by atoms with E-state index in [0.717, 1.165) is 23.2 Å². The van der Waals surface area contributed by atoms with Crippen LogP contribution in [-0.4, -0.2) is 52.0 Å². The summed E-state index contributed by atoms with van der Waals surface area (Å²) in [4.78, 5) is 24.5. The number of ether oxygens (including phenoxy) is 1. The Morgan fingerprint density at radius 3 is 3.04 bits per heavy atom. The van der Waals surface area contributed by atoms with Gasteiger partial charge in [0.15, 0.2) is 0 Å². The van der Waals surface area contributed by atoms with E-state index in [0.29, 0.717) is 17.9 Å². The van der Waals surface area contributed by atoms with Gasteiger partial charge in [0.1, 0.15) is 17.6 Å². The number of nitrogens with zero attached hydrogens (tertiary/aromatic N) is 1. The summed E-state index contributed by atoms with van der Waals surface area (Å²) in [6.07, 6.45) is 1.42. The summed E-state index contributed by atoms with van der Waals surface area (Å²) in [5, 5.41) is 11.0. The Kier molecular flexibility index (Phi) is 4.09. The zero-order valence-electron chi connectivity index (χ0n) is 13.4. The minimum Gasteiger partial charge on any atom is -0.616 e. The molecule has 0 aliphatic carbocycles. The van der Waals surface area contributed by atoms with Crippen LogP contribution < -0.4 is 10.2 Å². The number of cyclic esters (lactones) is 1. The molecule has 8 heteroatoms. The van der Waals surface area contributed by atoms with Crippen molar-refractivity contribution in [1.82, 2.24) is 5.32 Å². The van der Waals surface area contributed by atoms with Crippen LogP contribution in [0.3, 0.4) is 0 Å². The molecule has 25 heavy (non-hydrogen) atoms. The Labute approximate surface area is 147 Å². The molecular weight excluding hydrogens is 344 g/mol. The number of benzene rings is 1. The molecular formula is C17H18N2O5S. The van der Waals surface area contributed by atoms with E-state index in [1.165, 1.54) is 5.57 Å². The molecule has 1 unspecified atom stereocenters. The summed E-state index contributed by atoms with van der Waals surface area (Å²) in [7, 11) is 0. The molecule has 2 amide bonds. The highest BCUT2D eigenvalue weighted by molar-refractivity contribution is 7.91. The zero-order valence-corrected chi connectivity index (χ0v) is 14.3. The van der Waals surface area contributed by atoms with Crippen LogP contribution in [0.2, 0.25) is 0 Å². The van der Waals surface area contributed by atoms with E-state index in [9.17, 15) is 14.1 Å². The van der Waals surface area contributed by atoms with Crippen molar-refractivity contribution in [1.29, 1.82) is 0 Å². The molecule has 2 N–H and O–H groups in total. The predicted octanol–water partition coefficient (Wildman–Crippen LogP) is 1.74. The van der Waals surface area contributed by atoms with Crippen LogP contribution in [0.1, 0.15) is 17.5 Å². The Hall–Kier alpha value is -2.19. The second kappa shape index (κ2) is 6.27. The fourth-order valence-corrected chi connectivity index (χ4v) is 4.71. The van der Waals surface area contributed by atoms with E-state index in [1.807, 2.05) is 18.2 Å². The van der Waals surface area contributed by atoms with Crippen molar-refractivity contribution in [3.05, 3.63) is 35.4 Å². The van der Waals surface area contributed by atoms with Crippen molar-refractivity contribution >= 4 is 34.6 Å². The second-order valence-electron chi connectivity index (χ2n) is 6.38. The first-order valence-electron chi connectivity index (χ1n) is 8.17. The third kappa shape index (κ3) is 2.96. The summed E-state index contributed by atoms with van der Waals surface area (Å²) in [6.45, 7) is 0.0834. The molecule has 0 spiro atoms. The normalized spacial score (nSPS) is 27.4. The number of hydrogen-bond acceptors (Lipinski definition) is 4. The number of carboxylic acid groups (broad SMARTS) is 1. The lowest BCUT2D eigenvalue weighted by atomic mass is 9.98. The first-order valence-corrected chi connectivity index (χ1v) is 9.65. The molecule has 4 rings (SSSR count). The maximum atomic E-state index is 12.2. The topological polar surface area (TPSA) is 102 Å². The third-order valence-electron chi connectivity index (χ3n) is 4.92. The van der Waals surface area contributed by atoms with Crippen LogP contribution in [0.5, 0.6) is 0 Å². The van der Waals surface area contributed by atoms with Gasteiger partial charge in [0.25, 0.3) is 0 Å². The monoisotopic (exact) mass is 362 g/mol. The lowest BCUT2D eigenvalue weighted by Gasteiger charge is -2.18. The van der Waals surface area contributed by atoms with Crippen LogP contribution in [0.15, 0.2) is 24.3 Å². The number of allylic oxidation sites excluding steroid dienone is 1. The molecule has 3 aliphatic rings. The Balaban J connectivity index is 1.56. The maximum Gasteiger partial charge on any atom is 0.415 e. The molecule has 1 aromatic carbocycles. The minimum absolute atomic E-state index is 0.0834. The SMILES string of the molecule is O=C(O)NC[C@@H]1OC(=O)N2c3ccc(C4=CC[S+]([O-])CC4)cc3C[C@@H]12. The molecule has 1 fully saturated rings. The van der Waals surface area contributed by atoms with Gasteiger partial charge in [-0.1, -0.05) is 6.07 Å². The number of rotatable bonds is 3. The van der Waals surface area contributed by atoms with Crippen LogP contribution >= 0.6 is 0 Å². The van der Waals surface area contributed by atoms with Crippen molar-refractivity contribution in [2.75, 3.05) is 23.0 Å². The molecule has 7 nitrogen and oxygen atoms in total. The summed E-state index contributed by atoms with van der Waals surface area (Å²) in [5.74, 6) is 1.28. The second-order valence-corrected chi connectivity index (χ2v) is 8.00. The van der Waals surface area contributed by atoms with Crippen molar-refractivity contribution in [3.8, 4) is 0 Å². The van der Waals surface area contributed by atoms with Crippen molar-refractivity contribution in [2.24, 2.45) is 0 Å². The molecule has 132 valence electrons. The minimum atomic E-state index is -1.13. The highest BCUT2D eigenvalue weighted by Gasteiger charge is 2.47. The molecule has 0 saturated carbocycles. The number of fused-ring (bicyclic) bond motifs is 3. The zero-order chi connectivity index (χ0) is 17.6. The van der Waals surface area contributed by atoms with E-state index in [-0.39, 0.29) is 12.6 Å². The van der Waals surface area contributed by atoms with Gasteiger partial charge < -0.3 is 19.7 Å². The maximum absolute atomic E-state index is 12.2. The highest BCUT2D eigenvalue weighted by Crippen LogP contribution is 2.40. The standard InChI is InChI=1S/C17H18N2O5S/c20-16(21)18-9-15-14-8-12-7-11(10-3-5-25(23)6-4-10)1-2-13(12)19(14)17(22)24-15/h1-3,7,14-15,18H,4-6,8-9H2,(H,20,21)/t14-,15-,25?/m0/s1. The van der Waals surface area contributed by atoms with Gasteiger partial charge in [-0.15, -0.1) is 0 Å². The highest BCUT2D eigenvalue weighted by atomic mass is 32.2. The smallest absolute Gasteiger partial charge is 0.415 e. The van der Waals surface area contributed by atoms with Gasteiger partial charge in [-0.05, 0) is 52.5 Å². The van der Waals surface area contributed by atoms with Crippen LogP contribution in [0, 0.1) is 0 Å². The fraction of sp³-hybridized carbons (Fsp3) is 0.412. The molecule has 0 aromatic heterocycles. The number of hydrogen-bond donors (Lipinski definition) is 2. The Morgan fingerprint density at radius 2 is 2.32 bits per heavy atom. The van der Waals surface area contributed by atoms with E-state index >= 15 is 0 Å². The molecule has 3 heterocycles.